The summed E-state index contributed by atoms with van der Waals surface area (Å²) < 4.78 is 0. The number of hydrogen-bond acceptors (Lipinski definition) is 5. The second-order valence-electron chi connectivity index (χ2n) is 5.41. The largest absolute Gasteiger partial charge is 0.340 e. The first kappa shape index (κ1) is 22.6. The summed E-state index contributed by atoms with van der Waals surface area (Å²) in [4.78, 5) is 24.6. The van der Waals surface area contributed by atoms with Crippen molar-refractivity contribution in [3.8, 4) is 0 Å². The minimum absolute atomic E-state index is 0. The summed E-state index contributed by atoms with van der Waals surface area (Å²) in [6.07, 6.45) is 0.656. The minimum Gasteiger partial charge on any atom is -0.340 e. The van der Waals surface area contributed by atoms with Crippen LogP contribution in [-0.4, -0.2) is 31.1 Å². The Morgan fingerprint density at radius 3 is 2.46 bits per heavy atom. The minimum atomic E-state index is -0.731. The average Bonchev–Trinajstić information content (AvgIpc) is 3.05. The first-order chi connectivity index (χ1) is 10.6. The highest BCUT2D eigenvalue weighted by atomic mass is 35.5. The van der Waals surface area contributed by atoms with Crippen LogP contribution in [0.5, 0.6) is 0 Å². The molecule has 1 aliphatic heterocycles. The Labute approximate surface area is 154 Å². The van der Waals surface area contributed by atoms with Crippen molar-refractivity contribution in [2.24, 2.45) is 11.7 Å². The Bertz CT molecular complexity index is 512. The van der Waals surface area contributed by atoms with E-state index < -0.39 is 6.04 Å². The monoisotopic (exact) mass is 377 g/mol. The molecule has 0 saturated carbocycles. The molecule has 9 heteroatoms. The van der Waals surface area contributed by atoms with Crippen LogP contribution in [0.2, 0.25) is 0 Å². The zero-order chi connectivity index (χ0) is 15.9. The van der Waals surface area contributed by atoms with Gasteiger partial charge in [-0.25, -0.2) is 5.43 Å². The fourth-order valence-corrected chi connectivity index (χ4v) is 2.18. The molecule has 1 heterocycles. The van der Waals surface area contributed by atoms with Gasteiger partial charge < -0.3 is 16.4 Å². The van der Waals surface area contributed by atoms with Crippen LogP contribution in [0, 0.1) is 5.92 Å². The third-order valence-corrected chi connectivity index (χ3v) is 3.63. The molecule has 3 unspecified atom stereocenters. The van der Waals surface area contributed by atoms with Gasteiger partial charge in [-0.2, -0.15) is 0 Å². The first-order valence-electron chi connectivity index (χ1n) is 7.46. The molecular weight excluding hydrogens is 353 g/mol. The lowest BCUT2D eigenvalue weighted by Gasteiger charge is -2.22. The number of carbonyl (C=O) groups is 2. The summed E-state index contributed by atoms with van der Waals surface area (Å²) in [5.74, 6) is -0.820. The van der Waals surface area contributed by atoms with Gasteiger partial charge in [0.1, 0.15) is 6.04 Å². The summed E-state index contributed by atoms with van der Waals surface area (Å²) in [6, 6.07) is 8.44. The molecule has 3 atom stereocenters. The predicted octanol–water partition coefficient (Wildman–Crippen LogP) is 0.223. The van der Waals surface area contributed by atoms with Crippen molar-refractivity contribution in [1.29, 1.82) is 0 Å². The maximum Gasteiger partial charge on any atom is 0.248 e. The molecule has 0 aromatic heterocycles. The van der Waals surface area contributed by atoms with E-state index in [-0.39, 0.29) is 55.3 Å². The van der Waals surface area contributed by atoms with Crippen molar-refractivity contribution in [2.45, 2.75) is 25.6 Å². The van der Waals surface area contributed by atoms with Gasteiger partial charge in [0.05, 0.1) is 6.17 Å². The molecule has 0 bridgehead atoms. The van der Waals surface area contributed by atoms with Gasteiger partial charge in [0.15, 0.2) is 0 Å². The van der Waals surface area contributed by atoms with Crippen LogP contribution in [0.25, 0.3) is 0 Å². The van der Waals surface area contributed by atoms with E-state index in [1.54, 1.807) is 6.92 Å². The summed E-state index contributed by atoms with van der Waals surface area (Å²) in [7, 11) is 0. The van der Waals surface area contributed by atoms with Crippen molar-refractivity contribution in [2.75, 3.05) is 13.1 Å². The molecule has 136 valence electrons. The third-order valence-electron chi connectivity index (χ3n) is 3.63. The second kappa shape index (κ2) is 11.2. The van der Waals surface area contributed by atoms with Gasteiger partial charge in [-0.05, 0) is 12.0 Å². The van der Waals surface area contributed by atoms with Crippen LogP contribution in [0.3, 0.4) is 0 Å². The molecule has 2 rings (SSSR count). The van der Waals surface area contributed by atoms with E-state index >= 15 is 0 Å². The van der Waals surface area contributed by atoms with Gasteiger partial charge in [0, 0.05) is 19.0 Å². The van der Waals surface area contributed by atoms with Crippen molar-refractivity contribution in [3.05, 3.63) is 35.9 Å². The molecule has 2 amide bonds. The summed E-state index contributed by atoms with van der Waals surface area (Å²) in [5.41, 5.74) is 12.2. The zero-order valence-corrected chi connectivity index (χ0v) is 15.1. The number of amides is 2. The van der Waals surface area contributed by atoms with Gasteiger partial charge in [-0.15, -0.1) is 24.8 Å². The van der Waals surface area contributed by atoms with Crippen LogP contribution >= 0.6 is 24.8 Å². The molecule has 1 saturated heterocycles. The number of rotatable bonds is 6. The van der Waals surface area contributed by atoms with E-state index in [4.69, 9.17) is 5.73 Å². The molecule has 1 aliphatic rings. The van der Waals surface area contributed by atoms with E-state index in [0.717, 1.165) is 18.5 Å². The molecule has 0 spiro atoms. The third kappa shape index (κ3) is 6.26. The van der Waals surface area contributed by atoms with E-state index in [9.17, 15) is 9.59 Å². The van der Waals surface area contributed by atoms with Crippen LogP contribution in [0.4, 0.5) is 0 Å². The first-order valence-corrected chi connectivity index (χ1v) is 7.46. The number of halogens is 2. The average molecular weight is 378 g/mol. The number of hydrazine groups is 1. The number of hydrogen-bond donors (Lipinski definition) is 5. The van der Waals surface area contributed by atoms with Crippen molar-refractivity contribution in [3.63, 3.8) is 0 Å². The normalized spacial score (nSPS) is 18.5. The van der Waals surface area contributed by atoms with Gasteiger partial charge in [0.2, 0.25) is 11.8 Å². The molecule has 7 nitrogen and oxygen atoms in total. The Morgan fingerprint density at radius 2 is 1.92 bits per heavy atom. The Morgan fingerprint density at radius 1 is 1.25 bits per heavy atom. The molecular formula is C15H25Cl2N5O2. The molecule has 24 heavy (non-hydrogen) atoms. The van der Waals surface area contributed by atoms with Crippen molar-refractivity contribution >= 4 is 36.6 Å². The molecule has 1 aromatic carbocycles. The smallest absolute Gasteiger partial charge is 0.248 e. The lowest BCUT2D eigenvalue weighted by molar-refractivity contribution is -0.131. The zero-order valence-electron chi connectivity index (χ0n) is 13.5. The summed E-state index contributed by atoms with van der Waals surface area (Å²) in [5, 5.41) is 5.66. The predicted molar refractivity (Wildman–Crippen MR) is 97.7 cm³/mol. The second-order valence-corrected chi connectivity index (χ2v) is 5.41. The number of nitrogens with one attached hydrogen (secondary N) is 4. The number of benzene rings is 1. The standard InChI is InChI=1S/C15H23N5O2.2ClH/c1-10(9-16)14(21)19-13(11-5-3-2-4-6-11)15(22)18-12-7-8-17-20-12;;/h2-6,10,12-13,17,20H,7-9,16H2,1H3,(H,18,22)(H,19,21);2*1H. The molecule has 1 aromatic rings. The van der Waals surface area contributed by atoms with E-state index in [1.807, 2.05) is 30.3 Å². The van der Waals surface area contributed by atoms with Crippen LogP contribution < -0.4 is 27.2 Å². The molecule has 0 radical (unpaired) electrons. The van der Waals surface area contributed by atoms with Crippen molar-refractivity contribution < 1.29 is 9.59 Å². The van der Waals surface area contributed by atoms with Gasteiger partial charge in [-0.3, -0.25) is 15.0 Å². The fourth-order valence-electron chi connectivity index (χ4n) is 2.18. The Kier molecular flexibility index (Phi) is 10.6. The topological polar surface area (TPSA) is 108 Å². The Balaban J connectivity index is 0.00000264. The highest BCUT2D eigenvalue weighted by molar-refractivity contribution is 5.89. The van der Waals surface area contributed by atoms with Crippen LogP contribution in [0.1, 0.15) is 24.9 Å². The summed E-state index contributed by atoms with van der Waals surface area (Å²) >= 11 is 0. The lowest BCUT2D eigenvalue weighted by atomic mass is 10.0. The molecule has 6 N–H and O–H groups in total. The molecule has 0 aliphatic carbocycles. The number of carbonyl (C=O) groups excluding carboxylic acids is 2. The quantitative estimate of drug-likeness (QED) is 0.487. The van der Waals surface area contributed by atoms with Gasteiger partial charge in [0.25, 0.3) is 0 Å². The fraction of sp³-hybridized carbons (Fsp3) is 0.467. The van der Waals surface area contributed by atoms with E-state index in [2.05, 4.69) is 21.5 Å². The highest BCUT2D eigenvalue weighted by Crippen LogP contribution is 2.14. The number of nitrogens with two attached hydrogens (primary N) is 1. The van der Waals surface area contributed by atoms with Crippen LogP contribution in [-0.2, 0) is 9.59 Å². The van der Waals surface area contributed by atoms with Crippen LogP contribution in [0.15, 0.2) is 30.3 Å². The van der Waals surface area contributed by atoms with E-state index in [0.29, 0.717) is 0 Å². The summed E-state index contributed by atoms with van der Waals surface area (Å²) in [6.45, 7) is 2.76. The van der Waals surface area contributed by atoms with Crippen molar-refractivity contribution in [1.82, 2.24) is 21.5 Å². The SMILES string of the molecule is CC(CN)C(=O)NC(C(=O)NC1CCNN1)c1ccccc1.Cl.Cl. The lowest BCUT2D eigenvalue weighted by Crippen LogP contribution is -2.50. The molecule has 1 fully saturated rings. The highest BCUT2D eigenvalue weighted by Gasteiger charge is 2.27. The van der Waals surface area contributed by atoms with Gasteiger partial charge >= 0.3 is 0 Å². The van der Waals surface area contributed by atoms with Gasteiger partial charge in [-0.1, -0.05) is 37.3 Å². The maximum atomic E-state index is 12.5. The Hall–Kier alpha value is -1.38. The van der Waals surface area contributed by atoms with E-state index in [1.165, 1.54) is 0 Å². The maximum absolute atomic E-state index is 12.5.